The third-order valence-electron chi connectivity index (χ3n) is 6.59. The van der Waals surface area contributed by atoms with Crippen molar-refractivity contribution in [1.82, 2.24) is 25.8 Å². The Labute approximate surface area is 222 Å². The first-order valence-corrected chi connectivity index (χ1v) is 14.0. The molecule has 10 heteroatoms. The van der Waals surface area contributed by atoms with E-state index in [-0.39, 0.29) is 5.91 Å². The molecule has 0 saturated carbocycles. The lowest BCUT2D eigenvalue weighted by Crippen LogP contribution is -2.24. The molecule has 3 aromatic heterocycles. The minimum Gasteiger partial charge on any atom is -0.383 e. The topological polar surface area (TPSA) is 104 Å². The van der Waals surface area contributed by atoms with E-state index in [1.54, 1.807) is 29.8 Å². The van der Waals surface area contributed by atoms with Crippen molar-refractivity contribution >= 4 is 54.7 Å². The molecule has 5 aromatic rings. The predicted octanol–water partition coefficient (Wildman–Crippen LogP) is 4.78. The number of ether oxygens (including phenoxy) is 1. The van der Waals surface area contributed by atoms with Crippen molar-refractivity contribution in [2.24, 2.45) is 0 Å². The molecule has 4 N–H and O–H groups in total. The summed E-state index contributed by atoms with van der Waals surface area (Å²) in [5.41, 5.74) is 6.62. The van der Waals surface area contributed by atoms with Crippen molar-refractivity contribution in [2.75, 3.05) is 38.7 Å². The van der Waals surface area contributed by atoms with Gasteiger partial charge < -0.3 is 20.7 Å². The summed E-state index contributed by atoms with van der Waals surface area (Å²) in [5.74, 6) is 0.00864. The molecule has 0 fully saturated rings. The molecule has 6 rings (SSSR count). The predicted molar refractivity (Wildman–Crippen MR) is 151 cm³/mol. The molecule has 0 spiro atoms. The lowest BCUT2D eigenvalue weighted by Gasteiger charge is -2.13. The quantitative estimate of drug-likeness (QED) is 0.204. The van der Waals surface area contributed by atoms with E-state index >= 15 is 0 Å². The summed E-state index contributed by atoms with van der Waals surface area (Å²) in [6, 6.07) is 12.6. The van der Waals surface area contributed by atoms with Crippen LogP contribution in [0.25, 0.3) is 42.8 Å². The number of methoxy groups -OCH3 is 1. The zero-order valence-corrected chi connectivity index (χ0v) is 22.2. The second-order valence-corrected chi connectivity index (χ2v) is 11.1. The van der Waals surface area contributed by atoms with Crippen LogP contribution in [-0.4, -0.2) is 54.4 Å². The zero-order chi connectivity index (χ0) is 25.2. The maximum absolute atomic E-state index is 12.8. The first-order chi connectivity index (χ1) is 18.2. The van der Waals surface area contributed by atoms with Gasteiger partial charge in [-0.1, -0.05) is 18.2 Å². The first-order valence-electron chi connectivity index (χ1n) is 12.4. The fraction of sp³-hybridized carbons (Fsp3) is 0.296. The maximum Gasteiger partial charge on any atom is 0.226 e. The maximum atomic E-state index is 12.8. The number of nitrogens with zero attached hydrogens (tertiary/aromatic N) is 2. The Morgan fingerprint density at radius 3 is 3.05 bits per heavy atom. The third-order valence-corrected chi connectivity index (χ3v) is 8.79. The van der Waals surface area contributed by atoms with Crippen LogP contribution in [0.2, 0.25) is 0 Å². The highest BCUT2D eigenvalue weighted by molar-refractivity contribution is 7.23. The number of thiazole rings is 1. The van der Waals surface area contributed by atoms with Crippen molar-refractivity contribution in [2.45, 2.75) is 19.4 Å². The Balaban J connectivity index is 1.32. The lowest BCUT2D eigenvalue weighted by molar-refractivity contribution is -0.116. The molecule has 1 amide bonds. The molecule has 190 valence electrons. The molecule has 4 heterocycles. The van der Waals surface area contributed by atoms with Gasteiger partial charge in [-0.05, 0) is 47.9 Å². The second-order valence-electron chi connectivity index (χ2n) is 9.01. The van der Waals surface area contributed by atoms with E-state index < -0.39 is 0 Å². The molecular weight excluding hydrogens is 504 g/mol. The molecule has 0 bridgehead atoms. The Hall–Kier alpha value is -3.15. The van der Waals surface area contributed by atoms with Crippen molar-refractivity contribution in [3.05, 3.63) is 53.0 Å². The number of hydrogen-bond donors (Lipinski definition) is 4. The van der Waals surface area contributed by atoms with Crippen LogP contribution < -0.4 is 16.0 Å². The van der Waals surface area contributed by atoms with Crippen LogP contribution in [0.5, 0.6) is 0 Å². The molecule has 1 aliphatic heterocycles. The van der Waals surface area contributed by atoms with Crippen LogP contribution >= 0.6 is 22.7 Å². The number of anilines is 1. The van der Waals surface area contributed by atoms with Crippen LogP contribution in [-0.2, 0) is 22.5 Å². The van der Waals surface area contributed by atoms with Crippen LogP contribution in [0, 0.1) is 0 Å². The first kappa shape index (κ1) is 24.2. The Kier molecular flexibility index (Phi) is 6.99. The standard InChI is InChI=1S/C27H28N6O2S2/c1-35-12-11-28-10-8-24(34)32-27-25(18-7-9-29-15-23(18)37-27)26-31-21-13-16(5-6-22(21)36-26)17-3-2-4-20-19(17)14-30-33-20/h2-6,13-14,28-29H,7-12,15H2,1H3,(H,30,33)(H,32,34). The van der Waals surface area contributed by atoms with Gasteiger partial charge in [-0.15, -0.1) is 22.7 Å². The highest BCUT2D eigenvalue weighted by Crippen LogP contribution is 2.45. The third kappa shape index (κ3) is 4.90. The van der Waals surface area contributed by atoms with Crippen molar-refractivity contribution < 1.29 is 9.53 Å². The molecule has 2 aromatic carbocycles. The van der Waals surface area contributed by atoms with E-state index in [0.29, 0.717) is 19.6 Å². The van der Waals surface area contributed by atoms with Crippen molar-refractivity contribution in [3.63, 3.8) is 0 Å². The Bertz CT molecular complexity index is 1570. The van der Waals surface area contributed by atoms with E-state index in [1.807, 2.05) is 18.3 Å². The molecule has 0 saturated heterocycles. The number of fused-ring (bicyclic) bond motifs is 3. The van der Waals surface area contributed by atoms with E-state index in [9.17, 15) is 4.79 Å². The number of amides is 1. The lowest BCUT2D eigenvalue weighted by atomic mass is 10.0. The normalized spacial score (nSPS) is 13.3. The van der Waals surface area contributed by atoms with Crippen molar-refractivity contribution in [3.8, 4) is 21.7 Å². The van der Waals surface area contributed by atoms with E-state index in [1.165, 1.54) is 10.4 Å². The molecule has 37 heavy (non-hydrogen) atoms. The van der Waals surface area contributed by atoms with Gasteiger partial charge in [-0.2, -0.15) is 5.10 Å². The van der Waals surface area contributed by atoms with Crippen LogP contribution in [0.1, 0.15) is 16.9 Å². The molecule has 1 aliphatic rings. The Morgan fingerprint density at radius 1 is 1.19 bits per heavy atom. The number of carbonyl (C=O) groups excluding carboxylic acids is 1. The van der Waals surface area contributed by atoms with Gasteiger partial charge in [0.25, 0.3) is 0 Å². The number of thiophene rings is 1. The summed E-state index contributed by atoms with van der Waals surface area (Å²) in [6.07, 6.45) is 3.21. The summed E-state index contributed by atoms with van der Waals surface area (Å²) < 4.78 is 6.18. The van der Waals surface area contributed by atoms with Gasteiger partial charge in [0, 0.05) is 49.0 Å². The van der Waals surface area contributed by atoms with E-state index in [4.69, 9.17) is 9.72 Å². The molecule has 0 unspecified atom stereocenters. The van der Waals surface area contributed by atoms with Gasteiger partial charge in [-0.3, -0.25) is 9.89 Å². The number of H-pyrrole nitrogens is 1. The highest BCUT2D eigenvalue weighted by Gasteiger charge is 2.25. The largest absolute Gasteiger partial charge is 0.383 e. The smallest absolute Gasteiger partial charge is 0.226 e. The molecular formula is C27H28N6O2S2. The summed E-state index contributed by atoms with van der Waals surface area (Å²) in [6.45, 7) is 3.73. The SMILES string of the molecule is COCCNCCC(=O)Nc1sc2c(c1-c1nc3cc(-c4cccc5[nH]ncc45)ccc3s1)CCNC2. The summed E-state index contributed by atoms with van der Waals surface area (Å²) in [4.78, 5) is 19.1. The number of nitrogens with one attached hydrogen (secondary N) is 4. The fourth-order valence-electron chi connectivity index (χ4n) is 4.76. The fourth-order valence-corrected chi connectivity index (χ4v) is 7.09. The van der Waals surface area contributed by atoms with Crippen LogP contribution in [0.4, 0.5) is 5.00 Å². The van der Waals surface area contributed by atoms with Gasteiger partial charge in [0.15, 0.2) is 0 Å². The highest BCUT2D eigenvalue weighted by atomic mass is 32.1. The van der Waals surface area contributed by atoms with Crippen LogP contribution in [0.15, 0.2) is 42.6 Å². The number of benzene rings is 2. The minimum absolute atomic E-state index is 0.00864. The number of rotatable bonds is 9. The summed E-state index contributed by atoms with van der Waals surface area (Å²) in [5, 5.41) is 20.1. The number of aromatic nitrogens is 3. The van der Waals surface area contributed by atoms with Gasteiger partial charge >= 0.3 is 0 Å². The minimum atomic E-state index is 0.00864. The average molecular weight is 533 g/mol. The Morgan fingerprint density at radius 2 is 2.14 bits per heavy atom. The number of aromatic amines is 1. The van der Waals surface area contributed by atoms with Gasteiger partial charge in [-0.25, -0.2) is 4.98 Å². The van der Waals surface area contributed by atoms with Gasteiger partial charge in [0.1, 0.15) is 10.0 Å². The number of carbonyl (C=O) groups is 1. The monoisotopic (exact) mass is 532 g/mol. The molecule has 0 atom stereocenters. The molecule has 0 aliphatic carbocycles. The second kappa shape index (κ2) is 10.7. The van der Waals surface area contributed by atoms with Gasteiger partial charge in [0.05, 0.1) is 28.5 Å². The van der Waals surface area contributed by atoms with Crippen molar-refractivity contribution in [1.29, 1.82) is 0 Å². The summed E-state index contributed by atoms with van der Waals surface area (Å²) in [7, 11) is 1.67. The number of hydrogen-bond acceptors (Lipinski definition) is 8. The van der Waals surface area contributed by atoms with E-state index in [2.05, 4.69) is 50.4 Å². The average Bonchev–Trinajstić information content (AvgIpc) is 3.64. The van der Waals surface area contributed by atoms with Gasteiger partial charge in [0.2, 0.25) is 5.91 Å². The zero-order valence-electron chi connectivity index (χ0n) is 20.5. The van der Waals surface area contributed by atoms with Crippen LogP contribution in [0.3, 0.4) is 0 Å². The van der Waals surface area contributed by atoms with E-state index in [0.717, 1.165) is 73.9 Å². The molecule has 0 radical (unpaired) electrons. The summed E-state index contributed by atoms with van der Waals surface area (Å²) >= 11 is 3.35. The molecule has 8 nitrogen and oxygen atoms in total.